The fraction of sp³-hybridized carbons (Fsp3) is 0.348. The number of nitrogens with zero attached hydrogens (tertiary/aromatic N) is 2. The van der Waals surface area contributed by atoms with Crippen molar-refractivity contribution in [3.8, 4) is 28.5 Å². The van der Waals surface area contributed by atoms with E-state index < -0.39 is 0 Å². The minimum absolute atomic E-state index is 0.549. The molecule has 7 heteroatoms. The SMILES string of the molecule is CCOc1ccc(-c2cnc(NCc3cccc(OC)c3OC)n2CCOC)cc1. The lowest BCUT2D eigenvalue weighted by molar-refractivity contribution is 0.188. The van der Waals surface area contributed by atoms with Crippen LogP contribution in [0.15, 0.2) is 48.7 Å². The van der Waals surface area contributed by atoms with Gasteiger partial charge in [-0.15, -0.1) is 0 Å². The first-order valence-electron chi connectivity index (χ1n) is 9.93. The zero-order valence-corrected chi connectivity index (χ0v) is 18.0. The molecule has 0 amide bonds. The topological polar surface area (TPSA) is 66.8 Å². The second-order valence-electron chi connectivity index (χ2n) is 6.58. The number of methoxy groups -OCH3 is 3. The van der Waals surface area contributed by atoms with Crippen LogP contribution in [0.3, 0.4) is 0 Å². The normalized spacial score (nSPS) is 10.7. The summed E-state index contributed by atoms with van der Waals surface area (Å²) in [6, 6.07) is 13.9. The van der Waals surface area contributed by atoms with Crippen molar-refractivity contribution in [1.29, 1.82) is 0 Å². The highest BCUT2D eigenvalue weighted by atomic mass is 16.5. The number of rotatable bonds is 11. The van der Waals surface area contributed by atoms with Crippen LogP contribution in [0.2, 0.25) is 0 Å². The average molecular weight is 412 g/mol. The van der Waals surface area contributed by atoms with Gasteiger partial charge in [-0.1, -0.05) is 12.1 Å². The van der Waals surface area contributed by atoms with Gasteiger partial charge < -0.3 is 28.8 Å². The van der Waals surface area contributed by atoms with Gasteiger partial charge in [0.1, 0.15) is 5.75 Å². The van der Waals surface area contributed by atoms with E-state index in [9.17, 15) is 0 Å². The second-order valence-corrected chi connectivity index (χ2v) is 6.58. The molecule has 0 radical (unpaired) electrons. The maximum absolute atomic E-state index is 5.55. The number of para-hydroxylation sites is 1. The van der Waals surface area contributed by atoms with Crippen LogP contribution in [-0.2, 0) is 17.8 Å². The van der Waals surface area contributed by atoms with Crippen LogP contribution in [0, 0.1) is 0 Å². The molecule has 0 aliphatic heterocycles. The summed E-state index contributed by atoms with van der Waals surface area (Å²) in [4.78, 5) is 4.61. The molecule has 0 fully saturated rings. The smallest absolute Gasteiger partial charge is 0.203 e. The van der Waals surface area contributed by atoms with E-state index in [0.29, 0.717) is 37.8 Å². The summed E-state index contributed by atoms with van der Waals surface area (Å²) in [5.41, 5.74) is 3.06. The molecule has 0 atom stereocenters. The standard InChI is InChI=1S/C23H29N3O4/c1-5-30-19-11-9-17(10-12-19)20-16-25-23(26(20)13-14-27-2)24-15-18-7-6-8-21(28-3)22(18)29-4/h6-12,16H,5,13-15H2,1-4H3,(H,24,25). The van der Waals surface area contributed by atoms with Gasteiger partial charge in [-0.25, -0.2) is 4.98 Å². The Hall–Kier alpha value is -3.19. The predicted octanol–water partition coefficient (Wildman–Crippen LogP) is 4.22. The molecular formula is C23H29N3O4. The lowest BCUT2D eigenvalue weighted by atomic mass is 10.1. The fourth-order valence-electron chi connectivity index (χ4n) is 3.31. The Labute approximate surface area is 177 Å². The van der Waals surface area contributed by atoms with Gasteiger partial charge in [0, 0.05) is 31.3 Å². The molecule has 2 aromatic carbocycles. The van der Waals surface area contributed by atoms with Crippen LogP contribution in [0.1, 0.15) is 12.5 Å². The van der Waals surface area contributed by atoms with Crippen molar-refractivity contribution in [3.05, 3.63) is 54.2 Å². The van der Waals surface area contributed by atoms with Crippen LogP contribution < -0.4 is 19.5 Å². The summed E-state index contributed by atoms with van der Waals surface area (Å²) < 4.78 is 23.9. The van der Waals surface area contributed by atoms with Crippen LogP contribution >= 0.6 is 0 Å². The molecule has 0 saturated carbocycles. The van der Waals surface area contributed by atoms with Gasteiger partial charge in [-0.05, 0) is 37.3 Å². The van der Waals surface area contributed by atoms with E-state index in [1.807, 2.05) is 55.6 Å². The number of imidazole rings is 1. The third-order valence-electron chi connectivity index (χ3n) is 4.76. The van der Waals surface area contributed by atoms with Crippen molar-refractivity contribution in [2.75, 3.05) is 39.9 Å². The molecule has 7 nitrogen and oxygen atoms in total. The summed E-state index contributed by atoms with van der Waals surface area (Å²) in [5, 5.41) is 3.42. The highest BCUT2D eigenvalue weighted by molar-refractivity contribution is 5.62. The highest BCUT2D eigenvalue weighted by Gasteiger charge is 2.14. The molecule has 0 saturated heterocycles. The predicted molar refractivity (Wildman–Crippen MR) is 118 cm³/mol. The van der Waals surface area contributed by atoms with E-state index in [-0.39, 0.29) is 0 Å². The molecule has 0 unspecified atom stereocenters. The van der Waals surface area contributed by atoms with E-state index in [1.54, 1.807) is 21.3 Å². The number of nitrogens with one attached hydrogen (secondary N) is 1. The lowest BCUT2D eigenvalue weighted by Gasteiger charge is -2.15. The maximum atomic E-state index is 5.55. The molecule has 0 bridgehead atoms. The van der Waals surface area contributed by atoms with Crippen molar-refractivity contribution in [1.82, 2.24) is 9.55 Å². The van der Waals surface area contributed by atoms with E-state index in [2.05, 4.69) is 14.9 Å². The van der Waals surface area contributed by atoms with Gasteiger partial charge in [0.05, 0.1) is 39.3 Å². The second kappa shape index (κ2) is 10.5. The van der Waals surface area contributed by atoms with Crippen LogP contribution in [0.5, 0.6) is 17.2 Å². The fourth-order valence-corrected chi connectivity index (χ4v) is 3.31. The van der Waals surface area contributed by atoms with Gasteiger partial charge in [-0.2, -0.15) is 0 Å². The first-order chi connectivity index (χ1) is 14.7. The van der Waals surface area contributed by atoms with Gasteiger partial charge in [0.25, 0.3) is 0 Å². The number of benzene rings is 2. The molecule has 3 rings (SSSR count). The first-order valence-corrected chi connectivity index (χ1v) is 9.93. The summed E-state index contributed by atoms with van der Waals surface area (Å²) in [6.45, 7) is 4.43. The molecule has 160 valence electrons. The quantitative estimate of drug-likeness (QED) is 0.509. The largest absolute Gasteiger partial charge is 0.494 e. The molecule has 1 aromatic heterocycles. The van der Waals surface area contributed by atoms with E-state index in [1.165, 1.54) is 0 Å². The van der Waals surface area contributed by atoms with Crippen molar-refractivity contribution in [2.45, 2.75) is 20.0 Å². The molecule has 0 aliphatic rings. The summed E-state index contributed by atoms with van der Waals surface area (Å²) in [7, 11) is 4.97. The molecular weight excluding hydrogens is 382 g/mol. The number of hydrogen-bond acceptors (Lipinski definition) is 6. The van der Waals surface area contributed by atoms with Crippen molar-refractivity contribution >= 4 is 5.95 Å². The van der Waals surface area contributed by atoms with Crippen molar-refractivity contribution in [2.24, 2.45) is 0 Å². The third kappa shape index (κ3) is 4.86. The monoisotopic (exact) mass is 411 g/mol. The Morgan fingerprint density at radius 3 is 2.47 bits per heavy atom. The first kappa shape index (κ1) is 21.5. The lowest BCUT2D eigenvalue weighted by Crippen LogP contribution is -2.12. The summed E-state index contributed by atoms with van der Waals surface area (Å²) in [6.07, 6.45) is 1.87. The van der Waals surface area contributed by atoms with Crippen LogP contribution in [0.25, 0.3) is 11.3 Å². The van der Waals surface area contributed by atoms with Crippen molar-refractivity contribution in [3.63, 3.8) is 0 Å². The van der Waals surface area contributed by atoms with Crippen LogP contribution in [0.4, 0.5) is 5.95 Å². The van der Waals surface area contributed by atoms with Crippen LogP contribution in [-0.4, -0.2) is 44.1 Å². The van der Waals surface area contributed by atoms with Gasteiger partial charge in [-0.3, -0.25) is 0 Å². The molecule has 1 heterocycles. The third-order valence-corrected chi connectivity index (χ3v) is 4.76. The molecule has 30 heavy (non-hydrogen) atoms. The maximum Gasteiger partial charge on any atom is 0.203 e. The number of anilines is 1. The Morgan fingerprint density at radius 2 is 1.80 bits per heavy atom. The summed E-state index contributed by atoms with van der Waals surface area (Å²) in [5.74, 6) is 3.04. The number of hydrogen-bond donors (Lipinski definition) is 1. The highest BCUT2D eigenvalue weighted by Crippen LogP contribution is 2.31. The van der Waals surface area contributed by atoms with Crippen molar-refractivity contribution < 1.29 is 18.9 Å². The average Bonchev–Trinajstić information content (AvgIpc) is 3.19. The molecule has 1 N–H and O–H groups in total. The summed E-state index contributed by atoms with van der Waals surface area (Å²) >= 11 is 0. The zero-order valence-electron chi connectivity index (χ0n) is 18.0. The van der Waals surface area contributed by atoms with E-state index in [4.69, 9.17) is 18.9 Å². The van der Waals surface area contributed by atoms with Gasteiger partial charge >= 0.3 is 0 Å². The van der Waals surface area contributed by atoms with E-state index >= 15 is 0 Å². The Kier molecular flexibility index (Phi) is 7.57. The Morgan fingerprint density at radius 1 is 1.00 bits per heavy atom. The number of aromatic nitrogens is 2. The molecule has 0 spiro atoms. The minimum atomic E-state index is 0.549. The van der Waals surface area contributed by atoms with Gasteiger partial charge in [0.2, 0.25) is 5.95 Å². The molecule has 0 aliphatic carbocycles. The zero-order chi connectivity index (χ0) is 21.3. The minimum Gasteiger partial charge on any atom is -0.494 e. The molecule has 3 aromatic rings. The van der Waals surface area contributed by atoms with Gasteiger partial charge in [0.15, 0.2) is 11.5 Å². The number of ether oxygens (including phenoxy) is 4. The Bertz CT molecular complexity index is 938. The van der Waals surface area contributed by atoms with E-state index in [0.717, 1.165) is 28.5 Å². The Balaban J connectivity index is 1.85.